The van der Waals surface area contributed by atoms with Crippen molar-refractivity contribution >= 4 is 17.8 Å². The molecule has 1 aliphatic heterocycles. The summed E-state index contributed by atoms with van der Waals surface area (Å²) in [5.74, 6) is -0.122. The van der Waals surface area contributed by atoms with E-state index in [0.29, 0.717) is 31.7 Å². The molecule has 0 aliphatic carbocycles. The van der Waals surface area contributed by atoms with E-state index in [9.17, 15) is 19.5 Å². The fraction of sp³-hybridized carbons (Fsp3) is 0.447. The van der Waals surface area contributed by atoms with E-state index >= 15 is 0 Å². The van der Waals surface area contributed by atoms with Gasteiger partial charge in [0.2, 0.25) is 5.91 Å². The van der Waals surface area contributed by atoms with E-state index in [2.05, 4.69) is 16.0 Å². The molecule has 4 atom stereocenters. The third-order valence-electron chi connectivity index (χ3n) is 9.28. The Morgan fingerprint density at radius 1 is 0.915 bits per heavy atom. The summed E-state index contributed by atoms with van der Waals surface area (Å²) in [7, 11) is 0. The molecule has 0 spiro atoms. The highest BCUT2D eigenvalue weighted by Gasteiger charge is 2.46. The normalized spacial score (nSPS) is 16.4. The zero-order valence-corrected chi connectivity index (χ0v) is 28.3. The van der Waals surface area contributed by atoms with Crippen molar-refractivity contribution in [2.24, 2.45) is 5.92 Å². The van der Waals surface area contributed by atoms with Crippen molar-refractivity contribution in [2.75, 3.05) is 19.7 Å². The van der Waals surface area contributed by atoms with Crippen molar-refractivity contribution in [1.82, 2.24) is 20.9 Å². The molecule has 0 saturated carbocycles. The second-order valence-corrected chi connectivity index (χ2v) is 13.1. The van der Waals surface area contributed by atoms with Crippen LogP contribution in [0.25, 0.3) is 0 Å². The van der Waals surface area contributed by atoms with Gasteiger partial charge in [0.1, 0.15) is 11.3 Å². The Morgan fingerprint density at radius 2 is 1.51 bits per heavy atom. The van der Waals surface area contributed by atoms with Crippen LogP contribution in [-0.4, -0.2) is 71.3 Å². The molecule has 4 rings (SSSR count). The first-order chi connectivity index (χ1) is 22.5. The van der Waals surface area contributed by atoms with Gasteiger partial charge in [0, 0.05) is 19.1 Å². The first kappa shape index (κ1) is 35.5. The summed E-state index contributed by atoms with van der Waals surface area (Å²) in [6.07, 6.45) is 0.779. The summed E-state index contributed by atoms with van der Waals surface area (Å²) in [6, 6.07) is 23.9. The molecule has 0 aromatic heterocycles. The molecule has 1 unspecified atom stereocenters. The number of para-hydroxylation sites is 1. The Morgan fingerprint density at radius 3 is 2.09 bits per heavy atom. The lowest BCUT2D eigenvalue weighted by molar-refractivity contribution is -0.135. The van der Waals surface area contributed by atoms with Crippen molar-refractivity contribution in [3.05, 3.63) is 101 Å². The number of hydrogen-bond acceptors (Lipinski definition) is 5. The fourth-order valence-corrected chi connectivity index (χ4v) is 6.21. The maximum absolute atomic E-state index is 14.1. The van der Waals surface area contributed by atoms with Crippen LogP contribution in [0.5, 0.6) is 5.75 Å². The Hall–Kier alpha value is -4.37. The molecular formula is C38H50N4O5. The number of nitrogens with zero attached hydrogens (tertiary/aromatic N) is 1. The smallest absolute Gasteiger partial charge is 0.318 e. The molecule has 1 heterocycles. The van der Waals surface area contributed by atoms with Crippen molar-refractivity contribution in [2.45, 2.75) is 84.0 Å². The largest absolute Gasteiger partial charge is 0.483 e. The SMILES string of the molecule is Cc1cccc(C)c1OCC(=O)N[C@@H](Cc1ccccc1)[C@@H](O)C[C@H](Cc1ccccc1)NC(=O)C(C)(C(C)C)N1CCCNC1=O. The zero-order chi connectivity index (χ0) is 34.0. The molecule has 47 heavy (non-hydrogen) atoms. The number of aliphatic hydroxyl groups excluding tert-OH is 1. The van der Waals surface area contributed by atoms with Gasteiger partial charge in [-0.05, 0) is 74.6 Å². The Kier molecular flexibility index (Phi) is 12.4. The van der Waals surface area contributed by atoms with Gasteiger partial charge in [-0.15, -0.1) is 0 Å². The molecule has 0 radical (unpaired) electrons. The van der Waals surface area contributed by atoms with Crippen LogP contribution in [-0.2, 0) is 22.4 Å². The van der Waals surface area contributed by atoms with Gasteiger partial charge in [0.25, 0.3) is 5.91 Å². The molecule has 9 heteroatoms. The minimum Gasteiger partial charge on any atom is -0.483 e. The van der Waals surface area contributed by atoms with Crippen molar-refractivity contribution in [3.63, 3.8) is 0 Å². The summed E-state index contributed by atoms with van der Waals surface area (Å²) in [4.78, 5) is 41.9. The fourth-order valence-electron chi connectivity index (χ4n) is 6.21. The number of ether oxygens (including phenoxy) is 1. The number of aryl methyl sites for hydroxylation is 2. The number of nitrogens with one attached hydrogen (secondary N) is 3. The van der Waals surface area contributed by atoms with Gasteiger partial charge in [0.05, 0.1) is 12.1 Å². The Bertz CT molecular complexity index is 1460. The van der Waals surface area contributed by atoms with Crippen LogP contribution in [0.4, 0.5) is 4.79 Å². The number of carbonyl (C=O) groups is 3. The number of benzene rings is 3. The molecule has 1 aliphatic rings. The molecule has 3 aromatic rings. The Labute approximate surface area is 279 Å². The Balaban J connectivity index is 1.55. The van der Waals surface area contributed by atoms with E-state index in [0.717, 1.165) is 28.7 Å². The molecule has 252 valence electrons. The third kappa shape index (κ3) is 9.35. The van der Waals surface area contributed by atoms with E-state index in [-0.39, 0.29) is 36.8 Å². The third-order valence-corrected chi connectivity index (χ3v) is 9.28. The van der Waals surface area contributed by atoms with Crippen LogP contribution < -0.4 is 20.7 Å². The number of rotatable bonds is 15. The number of urea groups is 1. The van der Waals surface area contributed by atoms with Crippen LogP contribution in [0, 0.1) is 19.8 Å². The van der Waals surface area contributed by atoms with E-state index in [4.69, 9.17) is 4.74 Å². The topological polar surface area (TPSA) is 120 Å². The van der Waals surface area contributed by atoms with Gasteiger partial charge in [-0.2, -0.15) is 0 Å². The molecule has 4 amide bonds. The van der Waals surface area contributed by atoms with Crippen LogP contribution in [0.2, 0.25) is 0 Å². The van der Waals surface area contributed by atoms with Gasteiger partial charge >= 0.3 is 6.03 Å². The average Bonchev–Trinajstić information content (AvgIpc) is 3.05. The van der Waals surface area contributed by atoms with E-state index in [1.54, 1.807) is 4.90 Å². The number of aliphatic hydroxyl groups is 1. The molecule has 3 aromatic carbocycles. The lowest BCUT2D eigenvalue weighted by Crippen LogP contribution is -2.66. The van der Waals surface area contributed by atoms with Crippen molar-refractivity contribution in [3.8, 4) is 5.75 Å². The van der Waals surface area contributed by atoms with Crippen molar-refractivity contribution < 1.29 is 24.2 Å². The highest BCUT2D eigenvalue weighted by Crippen LogP contribution is 2.28. The molecular weight excluding hydrogens is 592 g/mol. The second kappa shape index (κ2) is 16.5. The van der Waals surface area contributed by atoms with Crippen LogP contribution >= 0.6 is 0 Å². The molecule has 9 nitrogen and oxygen atoms in total. The average molecular weight is 643 g/mol. The standard InChI is InChI=1S/C38H50N4O5/c1-26(2)38(5,42-21-13-20-39-37(42)46)36(45)40-31(22-29-16-8-6-9-17-29)24-33(43)32(23-30-18-10-7-11-19-30)41-34(44)25-47-35-27(3)14-12-15-28(35)4/h6-12,14-19,26,31-33,43H,13,20-25H2,1-5H3,(H,39,46)(H,40,45)(H,41,44)/t31-,32-,33-,38?/m0/s1. The maximum Gasteiger partial charge on any atom is 0.318 e. The minimum atomic E-state index is -1.10. The summed E-state index contributed by atoms with van der Waals surface area (Å²) in [5, 5.41) is 20.9. The van der Waals surface area contributed by atoms with Gasteiger partial charge < -0.3 is 30.7 Å². The molecule has 1 fully saturated rings. The predicted molar refractivity (Wildman–Crippen MR) is 184 cm³/mol. The minimum absolute atomic E-state index is 0.171. The van der Waals surface area contributed by atoms with E-state index in [1.165, 1.54) is 0 Å². The lowest BCUT2D eigenvalue weighted by Gasteiger charge is -2.45. The monoisotopic (exact) mass is 642 g/mol. The maximum atomic E-state index is 14.1. The summed E-state index contributed by atoms with van der Waals surface area (Å²) >= 11 is 0. The van der Waals surface area contributed by atoms with Crippen LogP contribution in [0.15, 0.2) is 78.9 Å². The summed E-state index contributed by atoms with van der Waals surface area (Å²) < 4.78 is 5.91. The van der Waals surface area contributed by atoms with Gasteiger partial charge in [-0.1, -0.05) is 92.7 Å². The zero-order valence-electron chi connectivity index (χ0n) is 28.3. The van der Waals surface area contributed by atoms with Crippen molar-refractivity contribution in [1.29, 1.82) is 0 Å². The quantitative estimate of drug-likeness (QED) is 0.191. The second-order valence-electron chi connectivity index (χ2n) is 13.1. The lowest BCUT2D eigenvalue weighted by atomic mass is 9.84. The number of amides is 4. The number of carbonyl (C=O) groups excluding carboxylic acids is 3. The van der Waals surface area contributed by atoms with E-state index in [1.807, 2.05) is 113 Å². The predicted octanol–water partition coefficient (Wildman–Crippen LogP) is 4.72. The van der Waals surface area contributed by atoms with Crippen LogP contribution in [0.1, 0.15) is 55.9 Å². The van der Waals surface area contributed by atoms with E-state index < -0.39 is 23.7 Å². The summed E-state index contributed by atoms with van der Waals surface area (Å²) in [6.45, 7) is 10.4. The molecule has 1 saturated heterocycles. The van der Waals surface area contributed by atoms with Gasteiger partial charge in [0.15, 0.2) is 6.61 Å². The number of hydrogen-bond donors (Lipinski definition) is 4. The first-order valence-electron chi connectivity index (χ1n) is 16.6. The molecule has 4 N–H and O–H groups in total. The highest BCUT2D eigenvalue weighted by molar-refractivity contribution is 5.91. The summed E-state index contributed by atoms with van der Waals surface area (Å²) in [5.41, 5.74) is 2.73. The molecule has 0 bridgehead atoms. The van der Waals surface area contributed by atoms with Crippen LogP contribution in [0.3, 0.4) is 0 Å². The van der Waals surface area contributed by atoms with Gasteiger partial charge in [-0.25, -0.2) is 4.79 Å². The first-order valence-corrected chi connectivity index (χ1v) is 16.6. The highest BCUT2D eigenvalue weighted by atomic mass is 16.5. The van der Waals surface area contributed by atoms with Gasteiger partial charge in [-0.3, -0.25) is 9.59 Å².